The van der Waals surface area contributed by atoms with Crippen molar-refractivity contribution < 1.29 is 4.79 Å². The van der Waals surface area contributed by atoms with Crippen molar-refractivity contribution >= 4 is 5.91 Å². The van der Waals surface area contributed by atoms with Crippen LogP contribution in [0.25, 0.3) is 0 Å². The van der Waals surface area contributed by atoms with Gasteiger partial charge >= 0.3 is 0 Å². The summed E-state index contributed by atoms with van der Waals surface area (Å²) in [5.41, 5.74) is 1.42. The fourth-order valence-corrected chi connectivity index (χ4v) is 5.34. The quantitative estimate of drug-likeness (QED) is 0.824. The molecule has 2 aliphatic heterocycles. The molecule has 1 aromatic carbocycles. The normalized spacial score (nSPS) is 28.1. The predicted molar refractivity (Wildman–Crippen MR) is 101 cm³/mol. The minimum Gasteiger partial charge on any atom is -0.342 e. The van der Waals surface area contributed by atoms with Gasteiger partial charge in [-0.25, -0.2) is 0 Å². The summed E-state index contributed by atoms with van der Waals surface area (Å²) in [6.45, 7) is 4.25. The topological polar surface area (TPSA) is 23.6 Å². The Morgan fingerprint density at radius 1 is 0.960 bits per heavy atom. The van der Waals surface area contributed by atoms with Crippen LogP contribution in [0, 0.1) is 11.8 Å². The Morgan fingerprint density at radius 3 is 2.56 bits per heavy atom. The number of amides is 1. The van der Waals surface area contributed by atoms with E-state index in [4.69, 9.17) is 0 Å². The number of nitrogens with zero attached hydrogens (tertiary/aromatic N) is 2. The summed E-state index contributed by atoms with van der Waals surface area (Å²) >= 11 is 0. The summed E-state index contributed by atoms with van der Waals surface area (Å²) in [5, 5.41) is 0. The van der Waals surface area contributed by atoms with E-state index in [9.17, 15) is 4.79 Å². The summed E-state index contributed by atoms with van der Waals surface area (Å²) in [6, 6.07) is 11.5. The van der Waals surface area contributed by atoms with Gasteiger partial charge in [-0.15, -0.1) is 0 Å². The van der Waals surface area contributed by atoms with E-state index in [0.29, 0.717) is 23.8 Å². The van der Waals surface area contributed by atoms with Crippen LogP contribution in [0.5, 0.6) is 0 Å². The molecule has 0 aromatic heterocycles. The molecule has 136 valence electrons. The zero-order valence-corrected chi connectivity index (χ0v) is 15.4. The molecule has 1 amide bonds. The van der Waals surface area contributed by atoms with Gasteiger partial charge in [-0.05, 0) is 56.0 Å². The van der Waals surface area contributed by atoms with Gasteiger partial charge in [-0.2, -0.15) is 0 Å². The molecule has 1 aliphatic carbocycles. The first-order valence-corrected chi connectivity index (χ1v) is 10.4. The smallest absolute Gasteiger partial charge is 0.222 e. The highest BCUT2D eigenvalue weighted by Gasteiger charge is 2.37. The summed E-state index contributed by atoms with van der Waals surface area (Å²) in [4.78, 5) is 17.6. The molecule has 3 nitrogen and oxygen atoms in total. The third-order valence-corrected chi connectivity index (χ3v) is 6.70. The van der Waals surface area contributed by atoms with Crippen molar-refractivity contribution in [2.24, 2.45) is 11.8 Å². The van der Waals surface area contributed by atoms with Crippen LogP contribution in [-0.4, -0.2) is 41.4 Å². The van der Waals surface area contributed by atoms with Gasteiger partial charge in [0.15, 0.2) is 0 Å². The lowest BCUT2D eigenvalue weighted by atomic mass is 9.83. The van der Waals surface area contributed by atoms with Crippen LogP contribution < -0.4 is 0 Å². The highest BCUT2D eigenvalue weighted by atomic mass is 16.2. The van der Waals surface area contributed by atoms with Crippen molar-refractivity contribution in [1.82, 2.24) is 9.80 Å². The zero-order valence-electron chi connectivity index (χ0n) is 15.4. The van der Waals surface area contributed by atoms with Crippen molar-refractivity contribution in [3.63, 3.8) is 0 Å². The highest BCUT2D eigenvalue weighted by Crippen LogP contribution is 2.33. The van der Waals surface area contributed by atoms with Crippen LogP contribution >= 0.6 is 0 Å². The summed E-state index contributed by atoms with van der Waals surface area (Å²) in [5.74, 6) is 1.79. The maximum Gasteiger partial charge on any atom is 0.222 e. The molecule has 2 heterocycles. The lowest BCUT2D eigenvalue weighted by Gasteiger charge is -2.47. The second-order valence-corrected chi connectivity index (χ2v) is 8.41. The van der Waals surface area contributed by atoms with Gasteiger partial charge in [-0.3, -0.25) is 9.69 Å². The maximum absolute atomic E-state index is 12.7. The molecule has 4 rings (SSSR count). The largest absolute Gasteiger partial charge is 0.342 e. The number of carbonyl (C=O) groups is 1. The van der Waals surface area contributed by atoms with Gasteiger partial charge in [-0.1, -0.05) is 43.2 Å². The van der Waals surface area contributed by atoms with Crippen molar-refractivity contribution in [3.05, 3.63) is 35.9 Å². The number of benzene rings is 1. The van der Waals surface area contributed by atoms with Crippen LogP contribution in [0.2, 0.25) is 0 Å². The Labute approximate surface area is 152 Å². The van der Waals surface area contributed by atoms with Crippen LogP contribution in [0.1, 0.15) is 56.9 Å². The monoisotopic (exact) mass is 340 g/mol. The Morgan fingerprint density at radius 2 is 1.76 bits per heavy atom. The SMILES string of the molecule is O=C(CC1CCCC1)N1CC[C@H]2[C@H](CCCN2Cc2ccccc2)C1. The predicted octanol–water partition coefficient (Wildman–Crippen LogP) is 4.08. The van der Waals surface area contributed by atoms with E-state index in [2.05, 4.69) is 40.1 Å². The molecule has 0 N–H and O–H groups in total. The van der Waals surface area contributed by atoms with E-state index < -0.39 is 0 Å². The van der Waals surface area contributed by atoms with Crippen LogP contribution in [-0.2, 0) is 11.3 Å². The van der Waals surface area contributed by atoms with Gasteiger partial charge in [0.05, 0.1) is 0 Å². The molecule has 0 radical (unpaired) electrons. The van der Waals surface area contributed by atoms with Crippen molar-refractivity contribution in [2.75, 3.05) is 19.6 Å². The first-order chi connectivity index (χ1) is 12.3. The molecule has 1 saturated carbocycles. The molecule has 1 aromatic rings. The van der Waals surface area contributed by atoms with E-state index in [1.54, 1.807) is 0 Å². The van der Waals surface area contributed by atoms with E-state index in [0.717, 1.165) is 32.5 Å². The molecule has 2 saturated heterocycles. The van der Waals surface area contributed by atoms with Gasteiger partial charge in [0.2, 0.25) is 5.91 Å². The van der Waals surface area contributed by atoms with Crippen molar-refractivity contribution in [3.8, 4) is 0 Å². The molecular weight excluding hydrogens is 308 g/mol. The van der Waals surface area contributed by atoms with Crippen LogP contribution in [0.15, 0.2) is 30.3 Å². The fraction of sp³-hybridized carbons (Fsp3) is 0.682. The van der Waals surface area contributed by atoms with Gasteiger partial charge in [0.1, 0.15) is 0 Å². The van der Waals surface area contributed by atoms with Gasteiger partial charge in [0, 0.05) is 32.1 Å². The van der Waals surface area contributed by atoms with E-state index in [1.165, 1.54) is 50.6 Å². The Kier molecular flexibility index (Phi) is 5.40. The molecule has 25 heavy (non-hydrogen) atoms. The number of hydrogen-bond acceptors (Lipinski definition) is 2. The van der Waals surface area contributed by atoms with E-state index in [1.807, 2.05) is 0 Å². The number of hydrogen-bond donors (Lipinski definition) is 0. The molecular formula is C22H32N2O. The number of rotatable bonds is 4. The van der Waals surface area contributed by atoms with Crippen molar-refractivity contribution in [2.45, 2.75) is 64.0 Å². The molecule has 3 heteroatoms. The standard InChI is InChI=1S/C22H32N2O/c25-22(15-18-7-4-5-8-18)24-14-12-21-20(17-24)11-6-13-23(21)16-19-9-2-1-3-10-19/h1-3,9-10,18,20-21H,4-8,11-17H2/t20-,21+/m1/s1. The third-order valence-electron chi connectivity index (χ3n) is 6.70. The van der Waals surface area contributed by atoms with E-state index >= 15 is 0 Å². The molecule has 3 aliphatic rings. The maximum atomic E-state index is 12.7. The first-order valence-electron chi connectivity index (χ1n) is 10.4. The molecule has 3 fully saturated rings. The molecule has 0 spiro atoms. The Bertz CT molecular complexity index is 567. The van der Waals surface area contributed by atoms with Crippen molar-refractivity contribution in [1.29, 1.82) is 0 Å². The second kappa shape index (κ2) is 7.90. The molecule has 0 unspecified atom stereocenters. The fourth-order valence-electron chi connectivity index (χ4n) is 5.34. The molecule has 0 bridgehead atoms. The van der Waals surface area contributed by atoms with Gasteiger partial charge < -0.3 is 4.90 Å². The number of piperidine rings is 2. The van der Waals surface area contributed by atoms with Crippen LogP contribution in [0.3, 0.4) is 0 Å². The summed E-state index contributed by atoms with van der Waals surface area (Å²) in [6.07, 6.45) is 9.75. The number of likely N-dealkylation sites (tertiary alicyclic amines) is 2. The minimum absolute atomic E-state index is 0.436. The van der Waals surface area contributed by atoms with Crippen LogP contribution in [0.4, 0.5) is 0 Å². The minimum atomic E-state index is 0.436. The number of carbonyl (C=O) groups excluding carboxylic acids is 1. The van der Waals surface area contributed by atoms with E-state index in [-0.39, 0.29) is 0 Å². The first kappa shape index (κ1) is 17.1. The zero-order chi connectivity index (χ0) is 17.1. The lowest BCUT2D eigenvalue weighted by molar-refractivity contribution is -0.136. The second-order valence-electron chi connectivity index (χ2n) is 8.41. The number of fused-ring (bicyclic) bond motifs is 1. The van der Waals surface area contributed by atoms with Gasteiger partial charge in [0.25, 0.3) is 0 Å². The highest BCUT2D eigenvalue weighted by molar-refractivity contribution is 5.76. The Balaban J connectivity index is 1.34. The summed E-state index contributed by atoms with van der Waals surface area (Å²) in [7, 11) is 0. The average molecular weight is 341 g/mol. The average Bonchev–Trinajstić information content (AvgIpc) is 3.15. The Hall–Kier alpha value is -1.35. The summed E-state index contributed by atoms with van der Waals surface area (Å²) < 4.78 is 0. The lowest BCUT2D eigenvalue weighted by Crippen LogP contribution is -2.54. The third kappa shape index (κ3) is 4.08. The molecule has 2 atom stereocenters.